The SMILES string of the molecule is CCOC(=O)CCCCC(/C=C/c1ccccc1OCc1ccc(C(C)(C)C)cc1)CCc1ccc(-c2noc(=O)[nH]2)cc1. The van der Waals surface area contributed by atoms with E-state index in [4.69, 9.17) is 9.47 Å². The average molecular weight is 597 g/mol. The first kappa shape index (κ1) is 32.5. The van der Waals surface area contributed by atoms with Gasteiger partial charge in [0.15, 0.2) is 5.82 Å². The molecule has 1 atom stereocenters. The molecule has 0 aliphatic heterocycles. The lowest BCUT2D eigenvalue weighted by Crippen LogP contribution is -2.10. The van der Waals surface area contributed by atoms with Crippen molar-refractivity contribution in [3.8, 4) is 17.1 Å². The number of aromatic amines is 1. The number of aromatic nitrogens is 2. The van der Waals surface area contributed by atoms with Gasteiger partial charge in [0.05, 0.1) is 6.61 Å². The molecule has 0 fully saturated rings. The smallest absolute Gasteiger partial charge is 0.439 e. The Hall–Kier alpha value is -4.39. The number of para-hydroxylation sites is 1. The topological polar surface area (TPSA) is 94.4 Å². The van der Waals surface area contributed by atoms with Crippen LogP contribution in [0.4, 0.5) is 0 Å². The van der Waals surface area contributed by atoms with Crippen molar-refractivity contribution in [1.29, 1.82) is 0 Å². The summed E-state index contributed by atoms with van der Waals surface area (Å²) in [5.41, 5.74) is 5.61. The van der Waals surface area contributed by atoms with E-state index in [1.165, 1.54) is 11.1 Å². The lowest BCUT2D eigenvalue weighted by molar-refractivity contribution is -0.143. The summed E-state index contributed by atoms with van der Waals surface area (Å²) in [6.07, 6.45) is 9.46. The van der Waals surface area contributed by atoms with Crippen molar-refractivity contribution in [3.05, 3.63) is 112 Å². The van der Waals surface area contributed by atoms with E-state index in [0.717, 1.165) is 54.5 Å². The van der Waals surface area contributed by atoms with Gasteiger partial charge in [0.25, 0.3) is 0 Å². The first-order chi connectivity index (χ1) is 21.2. The van der Waals surface area contributed by atoms with Crippen molar-refractivity contribution < 1.29 is 18.8 Å². The maximum absolute atomic E-state index is 11.8. The van der Waals surface area contributed by atoms with Gasteiger partial charge in [-0.1, -0.05) is 111 Å². The number of hydrogen-bond acceptors (Lipinski definition) is 6. The monoisotopic (exact) mass is 596 g/mol. The van der Waals surface area contributed by atoms with E-state index in [1.54, 1.807) is 0 Å². The molecule has 1 N–H and O–H groups in total. The zero-order valence-electron chi connectivity index (χ0n) is 26.3. The van der Waals surface area contributed by atoms with Gasteiger partial charge in [-0.2, -0.15) is 0 Å². The Labute approximate surface area is 260 Å². The number of unbranched alkanes of at least 4 members (excludes halogenated alkanes) is 1. The molecule has 0 radical (unpaired) electrons. The molecule has 4 aromatic rings. The van der Waals surface area contributed by atoms with Gasteiger partial charge < -0.3 is 9.47 Å². The number of benzene rings is 3. The van der Waals surface area contributed by atoms with Crippen LogP contribution < -0.4 is 10.5 Å². The molecule has 0 amide bonds. The average Bonchev–Trinajstić information content (AvgIpc) is 3.46. The predicted molar refractivity (Wildman–Crippen MR) is 174 cm³/mol. The molecule has 0 aliphatic rings. The first-order valence-corrected chi connectivity index (χ1v) is 15.5. The number of esters is 1. The molecule has 7 nitrogen and oxygen atoms in total. The Kier molecular flexibility index (Phi) is 11.8. The number of H-pyrrole nitrogens is 1. The number of aryl methyl sites for hydroxylation is 1. The number of nitrogens with zero attached hydrogens (tertiary/aromatic N) is 1. The predicted octanol–water partition coefficient (Wildman–Crippen LogP) is 8.29. The second-order valence-corrected chi connectivity index (χ2v) is 12.1. The number of carbonyl (C=O) groups excluding carboxylic acids is 1. The number of ether oxygens (including phenoxy) is 2. The van der Waals surface area contributed by atoms with Gasteiger partial charge in [-0.25, -0.2) is 4.79 Å². The molecule has 0 saturated carbocycles. The molecule has 1 aromatic heterocycles. The summed E-state index contributed by atoms with van der Waals surface area (Å²) in [6, 6.07) is 24.8. The van der Waals surface area contributed by atoms with Crippen molar-refractivity contribution in [2.45, 2.75) is 78.2 Å². The number of hydrogen-bond donors (Lipinski definition) is 1. The van der Waals surface area contributed by atoms with Crippen LogP contribution in [0.15, 0.2) is 88.2 Å². The molecule has 232 valence electrons. The van der Waals surface area contributed by atoms with Crippen LogP contribution in [0.2, 0.25) is 0 Å². The maximum atomic E-state index is 11.8. The largest absolute Gasteiger partial charge is 0.488 e. The molecular formula is C37H44N2O5. The third-order valence-corrected chi connectivity index (χ3v) is 7.66. The van der Waals surface area contributed by atoms with E-state index in [-0.39, 0.29) is 11.4 Å². The third kappa shape index (κ3) is 10.1. The van der Waals surface area contributed by atoms with Crippen LogP contribution in [0.25, 0.3) is 17.5 Å². The van der Waals surface area contributed by atoms with Crippen LogP contribution in [0.1, 0.15) is 82.1 Å². The highest BCUT2D eigenvalue weighted by Gasteiger charge is 2.13. The highest BCUT2D eigenvalue weighted by atomic mass is 16.5. The van der Waals surface area contributed by atoms with Gasteiger partial charge in [0, 0.05) is 17.5 Å². The molecule has 4 rings (SSSR count). The Morgan fingerprint density at radius 2 is 1.68 bits per heavy atom. The summed E-state index contributed by atoms with van der Waals surface area (Å²) in [5.74, 6) is 0.898. The van der Waals surface area contributed by atoms with Crippen LogP contribution >= 0.6 is 0 Å². The molecule has 0 aliphatic carbocycles. The van der Waals surface area contributed by atoms with Gasteiger partial charge in [-0.05, 0) is 66.7 Å². The fourth-order valence-electron chi connectivity index (χ4n) is 5.03. The highest BCUT2D eigenvalue weighted by molar-refractivity contribution is 5.69. The second-order valence-electron chi connectivity index (χ2n) is 12.1. The lowest BCUT2D eigenvalue weighted by Gasteiger charge is -2.19. The molecule has 0 saturated heterocycles. The first-order valence-electron chi connectivity index (χ1n) is 15.5. The van der Waals surface area contributed by atoms with Crippen LogP contribution in [-0.4, -0.2) is 22.7 Å². The number of nitrogens with one attached hydrogen (secondary N) is 1. The molecule has 44 heavy (non-hydrogen) atoms. The summed E-state index contributed by atoms with van der Waals surface area (Å²) in [5, 5.41) is 3.76. The fourth-order valence-corrected chi connectivity index (χ4v) is 5.03. The Morgan fingerprint density at radius 1 is 0.955 bits per heavy atom. The van der Waals surface area contributed by atoms with Gasteiger partial charge in [-0.15, -0.1) is 0 Å². The van der Waals surface area contributed by atoms with Gasteiger partial charge >= 0.3 is 11.7 Å². The second kappa shape index (κ2) is 15.9. The van der Waals surface area contributed by atoms with Crippen molar-refractivity contribution in [2.24, 2.45) is 5.92 Å². The molecule has 0 bridgehead atoms. The minimum atomic E-state index is -0.566. The van der Waals surface area contributed by atoms with E-state index < -0.39 is 5.76 Å². The van der Waals surface area contributed by atoms with Crippen LogP contribution in [0.5, 0.6) is 5.75 Å². The lowest BCUT2D eigenvalue weighted by atomic mass is 9.87. The standard InChI is InChI=1S/C37H44N2O5/c1-5-42-34(40)13-9-6-10-27(14-15-28-17-22-31(23-18-28)35-38-36(41)44-39-35)16-21-30-11-7-8-12-33(30)43-26-29-19-24-32(25-20-29)37(2,3)4/h7-8,11-12,16-25,27H,5-6,9-10,13-15,26H2,1-4H3,(H,38,39,41)/b21-16+. The number of carbonyl (C=O) groups is 1. The Balaban J connectivity index is 1.40. The molecule has 1 unspecified atom stereocenters. The van der Waals surface area contributed by atoms with Crippen LogP contribution in [0.3, 0.4) is 0 Å². The van der Waals surface area contributed by atoms with Crippen molar-refractivity contribution in [1.82, 2.24) is 10.1 Å². The van der Waals surface area contributed by atoms with E-state index in [9.17, 15) is 9.59 Å². The zero-order chi connectivity index (χ0) is 31.4. The molecule has 1 heterocycles. The highest BCUT2D eigenvalue weighted by Crippen LogP contribution is 2.26. The third-order valence-electron chi connectivity index (χ3n) is 7.66. The van der Waals surface area contributed by atoms with Gasteiger partial charge in [0.1, 0.15) is 12.4 Å². The summed E-state index contributed by atoms with van der Waals surface area (Å²) < 4.78 is 16.0. The normalized spacial score (nSPS) is 12.4. The summed E-state index contributed by atoms with van der Waals surface area (Å²) in [6.45, 7) is 9.41. The van der Waals surface area contributed by atoms with Crippen molar-refractivity contribution in [2.75, 3.05) is 6.61 Å². The minimum absolute atomic E-state index is 0.120. The van der Waals surface area contributed by atoms with Crippen molar-refractivity contribution in [3.63, 3.8) is 0 Å². The van der Waals surface area contributed by atoms with E-state index in [1.807, 2.05) is 37.3 Å². The Bertz CT molecular complexity index is 1540. The summed E-state index contributed by atoms with van der Waals surface area (Å²) >= 11 is 0. The number of rotatable bonds is 15. The zero-order valence-corrected chi connectivity index (χ0v) is 26.3. The minimum Gasteiger partial charge on any atom is -0.488 e. The van der Waals surface area contributed by atoms with Gasteiger partial charge in [-0.3, -0.25) is 14.3 Å². The van der Waals surface area contributed by atoms with Crippen LogP contribution in [-0.2, 0) is 28.0 Å². The van der Waals surface area contributed by atoms with E-state index in [2.05, 4.69) is 90.1 Å². The molecule has 0 spiro atoms. The number of allylic oxidation sites excluding steroid dienone is 1. The summed E-state index contributed by atoms with van der Waals surface area (Å²) in [7, 11) is 0. The molecule has 7 heteroatoms. The van der Waals surface area contributed by atoms with Crippen molar-refractivity contribution >= 4 is 12.0 Å². The quantitative estimate of drug-likeness (QED) is 0.110. The fraction of sp³-hybridized carbons (Fsp3) is 0.378. The van der Waals surface area contributed by atoms with Gasteiger partial charge in [0.2, 0.25) is 0 Å². The van der Waals surface area contributed by atoms with E-state index >= 15 is 0 Å². The summed E-state index contributed by atoms with van der Waals surface area (Å²) in [4.78, 5) is 25.7. The van der Waals surface area contributed by atoms with E-state index in [0.29, 0.717) is 31.4 Å². The Morgan fingerprint density at radius 3 is 2.36 bits per heavy atom. The van der Waals surface area contributed by atoms with Crippen LogP contribution in [0, 0.1) is 5.92 Å². The molecule has 3 aromatic carbocycles. The molecular weight excluding hydrogens is 552 g/mol. The maximum Gasteiger partial charge on any atom is 0.439 e.